The predicted molar refractivity (Wildman–Crippen MR) is 73.8 cm³/mol. The summed E-state index contributed by atoms with van der Waals surface area (Å²) in [5.74, 6) is -0.207. The first-order valence-electron chi connectivity index (χ1n) is 7.12. The Kier molecular flexibility index (Phi) is 4.88. The lowest BCUT2D eigenvalue weighted by molar-refractivity contribution is -0.137. The molecule has 1 fully saturated rings. The molecule has 1 amide bonds. The molecule has 0 aromatic heterocycles. The maximum absolute atomic E-state index is 12.5. The highest BCUT2D eigenvalue weighted by molar-refractivity contribution is 5.94. The monoisotopic (exact) mass is 300 g/mol. The Balaban J connectivity index is 2.12. The second-order valence-electron chi connectivity index (χ2n) is 5.30. The second kappa shape index (κ2) is 6.47. The predicted octanol–water partition coefficient (Wildman–Crippen LogP) is 3.05. The van der Waals surface area contributed by atoms with Gasteiger partial charge in [0.25, 0.3) is 5.91 Å². The van der Waals surface area contributed by atoms with Gasteiger partial charge in [0.2, 0.25) is 0 Å². The quantitative estimate of drug-likeness (QED) is 0.908. The molecule has 1 aliphatic rings. The van der Waals surface area contributed by atoms with Gasteiger partial charge < -0.3 is 10.6 Å². The van der Waals surface area contributed by atoms with Gasteiger partial charge in [0.05, 0.1) is 5.56 Å². The number of nitrogens with zero attached hydrogens (tertiary/aromatic N) is 1. The van der Waals surface area contributed by atoms with Crippen LogP contribution >= 0.6 is 0 Å². The molecule has 0 spiro atoms. The normalized spacial score (nSPS) is 15.6. The number of rotatable bonds is 5. The summed E-state index contributed by atoms with van der Waals surface area (Å²) >= 11 is 0. The summed E-state index contributed by atoms with van der Waals surface area (Å²) in [6, 6.07) is 4.61. The third kappa shape index (κ3) is 3.75. The van der Waals surface area contributed by atoms with Crippen LogP contribution in [0, 0.1) is 0 Å². The first-order chi connectivity index (χ1) is 9.93. The molecular formula is C15H19F3N2O. The van der Waals surface area contributed by atoms with Crippen molar-refractivity contribution < 1.29 is 18.0 Å². The molecule has 1 saturated carbocycles. The number of carbonyl (C=O) groups is 1. The molecule has 0 heterocycles. The molecule has 0 unspecified atom stereocenters. The van der Waals surface area contributed by atoms with Crippen LogP contribution in [-0.2, 0) is 6.18 Å². The molecule has 0 saturated heterocycles. The van der Waals surface area contributed by atoms with Gasteiger partial charge in [-0.05, 0) is 56.5 Å². The Labute approximate surface area is 121 Å². The van der Waals surface area contributed by atoms with Gasteiger partial charge in [-0.2, -0.15) is 13.2 Å². The average molecular weight is 300 g/mol. The molecule has 1 aliphatic carbocycles. The van der Waals surface area contributed by atoms with E-state index in [4.69, 9.17) is 5.73 Å². The number of carbonyl (C=O) groups excluding carboxylic acids is 1. The van der Waals surface area contributed by atoms with Crippen molar-refractivity contribution in [3.63, 3.8) is 0 Å². The standard InChI is InChI=1S/C15H19F3N2O/c16-15(17,18)12-7-5-11(6-8-12)14(21)20(10-2-9-19)13-3-1-4-13/h5-8,13H,1-4,9-10,19H2. The van der Waals surface area contributed by atoms with Gasteiger partial charge in [-0.15, -0.1) is 0 Å². The fourth-order valence-corrected chi connectivity index (χ4v) is 2.38. The van der Waals surface area contributed by atoms with Crippen LogP contribution in [0.3, 0.4) is 0 Å². The van der Waals surface area contributed by atoms with Crippen molar-refractivity contribution in [3.8, 4) is 0 Å². The molecule has 1 aromatic rings. The van der Waals surface area contributed by atoms with E-state index in [1.54, 1.807) is 4.90 Å². The zero-order valence-corrected chi connectivity index (χ0v) is 11.7. The lowest BCUT2D eigenvalue weighted by atomic mass is 9.90. The number of nitrogens with two attached hydrogens (primary N) is 1. The lowest BCUT2D eigenvalue weighted by Crippen LogP contribution is -2.45. The molecule has 2 N–H and O–H groups in total. The molecule has 2 rings (SSSR count). The summed E-state index contributed by atoms with van der Waals surface area (Å²) in [7, 11) is 0. The Morgan fingerprint density at radius 2 is 1.86 bits per heavy atom. The minimum atomic E-state index is -4.38. The van der Waals surface area contributed by atoms with E-state index in [2.05, 4.69) is 0 Å². The van der Waals surface area contributed by atoms with E-state index in [1.165, 1.54) is 12.1 Å². The molecule has 6 heteroatoms. The van der Waals surface area contributed by atoms with Crippen molar-refractivity contribution in [1.29, 1.82) is 0 Å². The Bertz CT molecular complexity index is 481. The van der Waals surface area contributed by atoms with Gasteiger partial charge >= 0.3 is 6.18 Å². The maximum Gasteiger partial charge on any atom is 0.416 e. The Morgan fingerprint density at radius 1 is 1.24 bits per heavy atom. The van der Waals surface area contributed by atoms with Crippen LogP contribution in [0.25, 0.3) is 0 Å². The van der Waals surface area contributed by atoms with Gasteiger partial charge in [0, 0.05) is 18.2 Å². The highest BCUT2D eigenvalue weighted by Gasteiger charge is 2.32. The molecule has 0 bridgehead atoms. The van der Waals surface area contributed by atoms with Gasteiger partial charge in [-0.1, -0.05) is 0 Å². The van der Waals surface area contributed by atoms with Crippen molar-refractivity contribution in [2.24, 2.45) is 5.73 Å². The van der Waals surface area contributed by atoms with Crippen molar-refractivity contribution >= 4 is 5.91 Å². The minimum Gasteiger partial charge on any atom is -0.336 e. The number of halogens is 3. The van der Waals surface area contributed by atoms with Crippen molar-refractivity contribution in [2.75, 3.05) is 13.1 Å². The van der Waals surface area contributed by atoms with Crippen molar-refractivity contribution in [1.82, 2.24) is 4.90 Å². The third-order valence-electron chi connectivity index (χ3n) is 3.84. The molecule has 0 atom stereocenters. The van der Waals surface area contributed by atoms with Gasteiger partial charge in [0.1, 0.15) is 0 Å². The van der Waals surface area contributed by atoms with Gasteiger partial charge in [-0.25, -0.2) is 0 Å². The van der Waals surface area contributed by atoms with Crippen LogP contribution in [0.4, 0.5) is 13.2 Å². The summed E-state index contributed by atoms with van der Waals surface area (Å²) in [5, 5.41) is 0. The van der Waals surface area contributed by atoms with E-state index >= 15 is 0 Å². The molecule has 21 heavy (non-hydrogen) atoms. The molecular weight excluding hydrogens is 281 g/mol. The average Bonchev–Trinajstić information content (AvgIpc) is 2.39. The molecule has 0 aliphatic heterocycles. The molecule has 0 radical (unpaired) electrons. The maximum atomic E-state index is 12.5. The molecule has 1 aromatic carbocycles. The molecule has 3 nitrogen and oxygen atoms in total. The van der Waals surface area contributed by atoms with E-state index in [1.807, 2.05) is 0 Å². The van der Waals surface area contributed by atoms with Crippen molar-refractivity contribution in [2.45, 2.75) is 37.9 Å². The number of hydrogen-bond acceptors (Lipinski definition) is 2. The Hall–Kier alpha value is -1.56. The highest BCUT2D eigenvalue weighted by atomic mass is 19.4. The second-order valence-corrected chi connectivity index (χ2v) is 5.30. The smallest absolute Gasteiger partial charge is 0.336 e. The summed E-state index contributed by atoms with van der Waals surface area (Å²) in [6.07, 6.45) is -0.685. The van der Waals surface area contributed by atoms with E-state index in [0.29, 0.717) is 25.1 Å². The topological polar surface area (TPSA) is 46.3 Å². The van der Waals surface area contributed by atoms with E-state index in [0.717, 1.165) is 31.4 Å². The number of hydrogen-bond donors (Lipinski definition) is 1. The summed E-state index contributed by atoms with van der Waals surface area (Å²) < 4.78 is 37.6. The summed E-state index contributed by atoms with van der Waals surface area (Å²) in [4.78, 5) is 14.2. The van der Waals surface area contributed by atoms with Gasteiger partial charge in [0.15, 0.2) is 0 Å². The van der Waals surface area contributed by atoms with Crippen LogP contribution in [0.1, 0.15) is 41.6 Å². The molecule has 116 valence electrons. The fraction of sp³-hybridized carbons (Fsp3) is 0.533. The van der Waals surface area contributed by atoms with Crippen molar-refractivity contribution in [3.05, 3.63) is 35.4 Å². The van der Waals surface area contributed by atoms with Crippen LogP contribution in [0.15, 0.2) is 24.3 Å². The lowest BCUT2D eigenvalue weighted by Gasteiger charge is -2.37. The Morgan fingerprint density at radius 3 is 2.29 bits per heavy atom. The first kappa shape index (κ1) is 15.8. The largest absolute Gasteiger partial charge is 0.416 e. The van der Waals surface area contributed by atoms with Crippen LogP contribution in [-0.4, -0.2) is 29.9 Å². The zero-order chi connectivity index (χ0) is 15.5. The number of benzene rings is 1. The summed E-state index contributed by atoms with van der Waals surface area (Å²) in [6.45, 7) is 1.05. The summed E-state index contributed by atoms with van der Waals surface area (Å²) in [5.41, 5.74) is 5.04. The third-order valence-corrected chi connectivity index (χ3v) is 3.84. The first-order valence-corrected chi connectivity index (χ1v) is 7.12. The highest BCUT2D eigenvalue weighted by Crippen LogP contribution is 2.30. The van der Waals surface area contributed by atoms with Crippen LogP contribution < -0.4 is 5.73 Å². The minimum absolute atomic E-state index is 0.200. The number of alkyl halides is 3. The fourth-order valence-electron chi connectivity index (χ4n) is 2.38. The SMILES string of the molecule is NCCCN(C(=O)c1ccc(C(F)(F)F)cc1)C1CCC1. The van der Waals surface area contributed by atoms with E-state index in [9.17, 15) is 18.0 Å². The van der Waals surface area contributed by atoms with E-state index in [-0.39, 0.29) is 11.9 Å². The van der Waals surface area contributed by atoms with Crippen LogP contribution in [0.5, 0.6) is 0 Å². The van der Waals surface area contributed by atoms with Crippen LogP contribution in [0.2, 0.25) is 0 Å². The van der Waals surface area contributed by atoms with E-state index < -0.39 is 11.7 Å². The van der Waals surface area contributed by atoms with Gasteiger partial charge in [-0.3, -0.25) is 4.79 Å². The zero-order valence-electron chi connectivity index (χ0n) is 11.7. The number of amides is 1.